The zero-order chi connectivity index (χ0) is 11.9. The average molecular weight is 233 g/mol. The van der Waals surface area contributed by atoms with E-state index >= 15 is 0 Å². The predicted molar refractivity (Wildman–Crippen MR) is 70.9 cm³/mol. The molecule has 2 rings (SSSR count). The highest BCUT2D eigenvalue weighted by Crippen LogP contribution is 2.21. The zero-order valence-electron chi connectivity index (χ0n) is 10.5. The van der Waals surface area contributed by atoms with Crippen LogP contribution in [0.3, 0.4) is 0 Å². The lowest BCUT2D eigenvalue weighted by molar-refractivity contribution is 0.0616. The molecule has 17 heavy (non-hydrogen) atoms. The highest BCUT2D eigenvalue weighted by Gasteiger charge is 2.16. The van der Waals surface area contributed by atoms with Gasteiger partial charge in [-0.1, -0.05) is 30.3 Å². The van der Waals surface area contributed by atoms with E-state index in [0.717, 1.165) is 38.4 Å². The van der Waals surface area contributed by atoms with Crippen molar-refractivity contribution in [1.82, 2.24) is 0 Å². The summed E-state index contributed by atoms with van der Waals surface area (Å²) in [6.45, 7) is 1.85. The third kappa shape index (κ3) is 4.49. The van der Waals surface area contributed by atoms with E-state index in [2.05, 4.69) is 30.3 Å². The van der Waals surface area contributed by atoms with E-state index in [9.17, 15) is 0 Å². The number of hydrogen-bond acceptors (Lipinski definition) is 2. The van der Waals surface area contributed by atoms with E-state index < -0.39 is 0 Å². The Morgan fingerprint density at radius 3 is 2.59 bits per heavy atom. The largest absolute Gasteiger partial charge is 0.381 e. The van der Waals surface area contributed by atoms with Crippen LogP contribution in [-0.2, 0) is 11.2 Å². The average Bonchev–Trinajstić information content (AvgIpc) is 2.39. The van der Waals surface area contributed by atoms with Crippen molar-refractivity contribution in [3.05, 3.63) is 35.9 Å². The van der Waals surface area contributed by atoms with E-state index in [4.69, 9.17) is 10.5 Å². The van der Waals surface area contributed by atoms with Crippen molar-refractivity contribution in [2.24, 2.45) is 11.7 Å². The predicted octanol–water partition coefficient (Wildman–Crippen LogP) is 2.76. The van der Waals surface area contributed by atoms with E-state index in [1.807, 2.05) is 0 Å². The maximum atomic E-state index is 6.21. The van der Waals surface area contributed by atoms with Crippen LogP contribution in [0.25, 0.3) is 0 Å². The van der Waals surface area contributed by atoms with E-state index in [0.29, 0.717) is 6.04 Å². The number of hydrogen-bond donors (Lipinski definition) is 1. The molecule has 2 nitrogen and oxygen atoms in total. The molecule has 1 aromatic rings. The molecule has 0 aromatic heterocycles. The SMILES string of the molecule is NC(CCc1ccccc1)CC1CCOCC1. The summed E-state index contributed by atoms with van der Waals surface area (Å²) in [6.07, 6.45) is 5.75. The number of ether oxygens (including phenoxy) is 1. The second kappa shape index (κ2) is 6.77. The Morgan fingerprint density at radius 2 is 1.88 bits per heavy atom. The molecule has 0 aliphatic carbocycles. The number of benzene rings is 1. The Balaban J connectivity index is 1.68. The van der Waals surface area contributed by atoms with Crippen molar-refractivity contribution >= 4 is 0 Å². The smallest absolute Gasteiger partial charge is 0.0468 e. The minimum atomic E-state index is 0.346. The summed E-state index contributed by atoms with van der Waals surface area (Å²) in [4.78, 5) is 0. The molecule has 1 atom stereocenters. The van der Waals surface area contributed by atoms with Gasteiger partial charge in [-0.2, -0.15) is 0 Å². The van der Waals surface area contributed by atoms with E-state index in [1.54, 1.807) is 0 Å². The molecule has 1 aromatic carbocycles. The molecule has 1 saturated heterocycles. The monoisotopic (exact) mass is 233 g/mol. The van der Waals surface area contributed by atoms with Gasteiger partial charge in [-0.3, -0.25) is 0 Å². The van der Waals surface area contributed by atoms with Gasteiger partial charge in [0.05, 0.1) is 0 Å². The molecular formula is C15H23NO. The molecule has 1 heterocycles. The van der Waals surface area contributed by atoms with Crippen LogP contribution in [0.5, 0.6) is 0 Å². The third-order valence-electron chi connectivity index (χ3n) is 3.62. The molecule has 1 aliphatic rings. The molecule has 0 bridgehead atoms. The molecule has 0 saturated carbocycles. The van der Waals surface area contributed by atoms with Gasteiger partial charge in [-0.25, -0.2) is 0 Å². The Hall–Kier alpha value is -0.860. The first-order valence-corrected chi connectivity index (χ1v) is 6.72. The summed E-state index contributed by atoms with van der Waals surface area (Å²) >= 11 is 0. The fourth-order valence-corrected chi connectivity index (χ4v) is 2.52. The van der Waals surface area contributed by atoms with Crippen molar-refractivity contribution < 1.29 is 4.74 Å². The summed E-state index contributed by atoms with van der Waals surface area (Å²) in [6, 6.07) is 11.0. The van der Waals surface area contributed by atoms with Gasteiger partial charge < -0.3 is 10.5 Å². The van der Waals surface area contributed by atoms with Crippen molar-refractivity contribution in [3.63, 3.8) is 0 Å². The highest BCUT2D eigenvalue weighted by atomic mass is 16.5. The van der Waals surface area contributed by atoms with Crippen molar-refractivity contribution in [1.29, 1.82) is 0 Å². The molecule has 0 spiro atoms. The highest BCUT2D eigenvalue weighted by molar-refractivity contribution is 5.14. The van der Waals surface area contributed by atoms with Gasteiger partial charge in [0.2, 0.25) is 0 Å². The van der Waals surface area contributed by atoms with Crippen LogP contribution in [0.15, 0.2) is 30.3 Å². The Bertz CT molecular complexity index is 306. The fraction of sp³-hybridized carbons (Fsp3) is 0.600. The Kier molecular flexibility index (Phi) is 5.02. The minimum absolute atomic E-state index is 0.346. The van der Waals surface area contributed by atoms with Crippen LogP contribution in [0.2, 0.25) is 0 Å². The maximum absolute atomic E-state index is 6.21. The van der Waals surface area contributed by atoms with Gasteiger partial charge in [0, 0.05) is 19.3 Å². The summed E-state index contributed by atoms with van der Waals surface area (Å²) < 4.78 is 5.37. The quantitative estimate of drug-likeness (QED) is 0.848. The van der Waals surface area contributed by atoms with Crippen LogP contribution < -0.4 is 5.73 Å². The summed E-state index contributed by atoms with van der Waals surface area (Å²) in [5, 5.41) is 0. The molecule has 1 fully saturated rings. The number of nitrogens with two attached hydrogens (primary N) is 1. The van der Waals surface area contributed by atoms with Crippen molar-refractivity contribution in [2.45, 2.75) is 38.1 Å². The second-order valence-corrected chi connectivity index (χ2v) is 5.08. The van der Waals surface area contributed by atoms with Crippen LogP contribution in [0, 0.1) is 5.92 Å². The normalized spacial score (nSPS) is 19.1. The molecule has 0 radical (unpaired) electrons. The third-order valence-corrected chi connectivity index (χ3v) is 3.62. The summed E-state index contributed by atoms with van der Waals surface area (Å²) in [5.41, 5.74) is 7.61. The van der Waals surface area contributed by atoms with Crippen LogP contribution in [0.4, 0.5) is 0 Å². The lowest BCUT2D eigenvalue weighted by Crippen LogP contribution is -2.27. The van der Waals surface area contributed by atoms with Gasteiger partial charge in [-0.05, 0) is 43.6 Å². The van der Waals surface area contributed by atoms with E-state index in [1.165, 1.54) is 18.4 Å². The van der Waals surface area contributed by atoms with Gasteiger partial charge in [0.15, 0.2) is 0 Å². The lowest BCUT2D eigenvalue weighted by Gasteiger charge is -2.24. The van der Waals surface area contributed by atoms with Gasteiger partial charge >= 0.3 is 0 Å². The van der Waals surface area contributed by atoms with Gasteiger partial charge in [0.25, 0.3) is 0 Å². The number of rotatable bonds is 5. The lowest BCUT2D eigenvalue weighted by atomic mass is 9.90. The molecule has 94 valence electrons. The fourth-order valence-electron chi connectivity index (χ4n) is 2.52. The molecule has 1 unspecified atom stereocenters. The van der Waals surface area contributed by atoms with Gasteiger partial charge in [-0.15, -0.1) is 0 Å². The van der Waals surface area contributed by atoms with Crippen LogP contribution in [0.1, 0.15) is 31.2 Å². The molecular weight excluding hydrogens is 210 g/mol. The molecule has 1 aliphatic heterocycles. The first-order valence-electron chi connectivity index (χ1n) is 6.72. The summed E-state index contributed by atoms with van der Waals surface area (Å²) in [7, 11) is 0. The maximum Gasteiger partial charge on any atom is 0.0468 e. The second-order valence-electron chi connectivity index (χ2n) is 5.08. The topological polar surface area (TPSA) is 35.2 Å². The Labute approximate surface area is 104 Å². The van der Waals surface area contributed by atoms with Crippen LogP contribution in [-0.4, -0.2) is 19.3 Å². The standard InChI is InChI=1S/C15H23NO/c16-15(12-14-8-10-17-11-9-14)7-6-13-4-2-1-3-5-13/h1-5,14-15H,6-12,16H2. The number of aryl methyl sites for hydroxylation is 1. The van der Waals surface area contributed by atoms with Gasteiger partial charge in [0.1, 0.15) is 0 Å². The molecule has 2 N–H and O–H groups in total. The van der Waals surface area contributed by atoms with E-state index in [-0.39, 0.29) is 0 Å². The van der Waals surface area contributed by atoms with Crippen molar-refractivity contribution in [2.75, 3.05) is 13.2 Å². The Morgan fingerprint density at radius 1 is 1.18 bits per heavy atom. The molecule has 0 amide bonds. The molecule has 2 heteroatoms. The minimum Gasteiger partial charge on any atom is -0.381 e. The first-order chi connectivity index (χ1) is 8.34. The van der Waals surface area contributed by atoms with Crippen LogP contribution >= 0.6 is 0 Å². The van der Waals surface area contributed by atoms with Crippen molar-refractivity contribution in [3.8, 4) is 0 Å². The zero-order valence-corrected chi connectivity index (χ0v) is 10.5. The first kappa shape index (κ1) is 12.6. The summed E-state index contributed by atoms with van der Waals surface area (Å²) in [5.74, 6) is 0.787.